The molecule has 1 N–H and O–H groups in total. The Morgan fingerprint density at radius 1 is 1.00 bits per heavy atom. The molecular formula is C19H24ClN. The molecule has 0 aliphatic rings. The second kappa shape index (κ2) is 7.11. The lowest BCUT2D eigenvalue weighted by atomic mass is 9.94. The van der Waals surface area contributed by atoms with E-state index in [1.165, 1.54) is 22.3 Å². The van der Waals surface area contributed by atoms with Crippen LogP contribution in [0, 0.1) is 20.8 Å². The molecule has 21 heavy (non-hydrogen) atoms. The summed E-state index contributed by atoms with van der Waals surface area (Å²) in [6, 6.07) is 13.3. The van der Waals surface area contributed by atoms with Gasteiger partial charge in [0.1, 0.15) is 0 Å². The molecule has 1 atom stereocenters. The lowest BCUT2D eigenvalue weighted by Gasteiger charge is -2.20. The van der Waals surface area contributed by atoms with E-state index >= 15 is 0 Å². The van der Waals surface area contributed by atoms with Gasteiger partial charge >= 0.3 is 0 Å². The summed E-state index contributed by atoms with van der Waals surface area (Å²) in [5.41, 5.74) is 6.45. The summed E-state index contributed by atoms with van der Waals surface area (Å²) in [7, 11) is 0. The molecule has 0 heterocycles. The normalized spacial score (nSPS) is 12.4. The second-order valence-corrected chi connectivity index (χ2v) is 6.16. The number of benzene rings is 2. The van der Waals surface area contributed by atoms with Crippen LogP contribution in [0.4, 0.5) is 0 Å². The topological polar surface area (TPSA) is 12.0 Å². The summed E-state index contributed by atoms with van der Waals surface area (Å²) in [6.07, 6.45) is 0.987. The molecule has 2 rings (SSSR count). The molecule has 1 unspecified atom stereocenters. The number of likely N-dealkylation sites (N-methyl/N-ethyl adjacent to an activating group) is 1. The molecule has 2 aromatic carbocycles. The van der Waals surface area contributed by atoms with Gasteiger partial charge in [0.15, 0.2) is 0 Å². The van der Waals surface area contributed by atoms with Gasteiger partial charge in [0.25, 0.3) is 0 Å². The largest absolute Gasteiger partial charge is 0.310 e. The van der Waals surface area contributed by atoms with Gasteiger partial charge in [0.05, 0.1) is 0 Å². The van der Waals surface area contributed by atoms with E-state index in [9.17, 15) is 0 Å². The fourth-order valence-corrected chi connectivity index (χ4v) is 2.81. The highest BCUT2D eigenvalue weighted by molar-refractivity contribution is 6.31. The minimum atomic E-state index is 0.300. The smallest absolute Gasteiger partial charge is 0.0438 e. The third-order valence-electron chi connectivity index (χ3n) is 3.98. The maximum atomic E-state index is 6.29. The van der Waals surface area contributed by atoms with Gasteiger partial charge in [-0.05, 0) is 62.1 Å². The third kappa shape index (κ3) is 4.09. The number of aryl methyl sites for hydroxylation is 3. The van der Waals surface area contributed by atoms with Crippen molar-refractivity contribution in [2.45, 2.75) is 40.2 Å². The van der Waals surface area contributed by atoms with E-state index in [1.807, 2.05) is 6.92 Å². The van der Waals surface area contributed by atoms with Crippen molar-refractivity contribution in [2.75, 3.05) is 6.54 Å². The quantitative estimate of drug-likeness (QED) is 0.804. The van der Waals surface area contributed by atoms with Crippen molar-refractivity contribution in [1.29, 1.82) is 0 Å². The molecule has 0 aliphatic carbocycles. The van der Waals surface area contributed by atoms with Crippen LogP contribution in [0.25, 0.3) is 0 Å². The average Bonchev–Trinajstić information content (AvgIpc) is 2.45. The van der Waals surface area contributed by atoms with Gasteiger partial charge in [-0.1, -0.05) is 54.4 Å². The van der Waals surface area contributed by atoms with Crippen molar-refractivity contribution < 1.29 is 0 Å². The Kier molecular flexibility index (Phi) is 5.44. The molecule has 0 aromatic heterocycles. The Balaban J connectivity index is 2.30. The zero-order valence-corrected chi connectivity index (χ0v) is 14.1. The molecule has 1 nitrogen and oxygen atoms in total. The molecule has 0 bridgehead atoms. The molecule has 0 fully saturated rings. The molecule has 2 aromatic rings. The maximum Gasteiger partial charge on any atom is 0.0438 e. The van der Waals surface area contributed by atoms with Gasteiger partial charge in [-0.3, -0.25) is 0 Å². The van der Waals surface area contributed by atoms with E-state index in [0.29, 0.717) is 6.04 Å². The van der Waals surface area contributed by atoms with Crippen LogP contribution in [0.1, 0.15) is 40.8 Å². The van der Waals surface area contributed by atoms with E-state index in [1.54, 1.807) is 0 Å². The predicted molar refractivity (Wildman–Crippen MR) is 92.2 cm³/mol. The Morgan fingerprint density at radius 3 is 2.38 bits per heavy atom. The fraction of sp³-hybridized carbons (Fsp3) is 0.368. The number of nitrogens with one attached hydrogen (secondary N) is 1. The highest BCUT2D eigenvalue weighted by Crippen LogP contribution is 2.25. The molecular weight excluding hydrogens is 278 g/mol. The average molecular weight is 302 g/mol. The molecule has 2 heteroatoms. The summed E-state index contributed by atoms with van der Waals surface area (Å²) in [4.78, 5) is 0. The Morgan fingerprint density at radius 2 is 1.71 bits per heavy atom. The van der Waals surface area contributed by atoms with Crippen molar-refractivity contribution in [3.8, 4) is 0 Å². The van der Waals surface area contributed by atoms with Gasteiger partial charge < -0.3 is 5.32 Å². The molecule has 0 amide bonds. The number of hydrogen-bond acceptors (Lipinski definition) is 1. The van der Waals surface area contributed by atoms with Crippen LogP contribution < -0.4 is 5.32 Å². The van der Waals surface area contributed by atoms with Crippen molar-refractivity contribution >= 4 is 11.6 Å². The lowest BCUT2D eigenvalue weighted by molar-refractivity contribution is 0.548. The number of rotatable bonds is 5. The fourth-order valence-electron chi connectivity index (χ4n) is 2.62. The van der Waals surface area contributed by atoms with Gasteiger partial charge in [-0.2, -0.15) is 0 Å². The van der Waals surface area contributed by atoms with Crippen LogP contribution in [-0.2, 0) is 6.42 Å². The second-order valence-electron chi connectivity index (χ2n) is 5.75. The standard InChI is InChI=1S/C19H24ClN/c1-5-21-19(16-9-8-15(4)18(20)11-16)12-17-10-13(2)6-7-14(17)3/h6-11,19,21H,5,12H2,1-4H3. The first-order chi connectivity index (χ1) is 10.0. The summed E-state index contributed by atoms with van der Waals surface area (Å²) >= 11 is 6.29. The summed E-state index contributed by atoms with van der Waals surface area (Å²) in [5, 5.41) is 4.43. The van der Waals surface area contributed by atoms with E-state index < -0.39 is 0 Å². The molecule has 0 saturated carbocycles. The Bertz CT molecular complexity index is 619. The van der Waals surface area contributed by atoms with Gasteiger partial charge in [-0.15, -0.1) is 0 Å². The minimum absolute atomic E-state index is 0.300. The van der Waals surface area contributed by atoms with E-state index in [-0.39, 0.29) is 0 Å². The highest BCUT2D eigenvalue weighted by atomic mass is 35.5. The van der Waals surface area contributed by atoms with Gasteiger partial charge in [-0.25, -0.2) is 0 Å². The van der Waals surface area contributed by atoms with Gasteiger partial charge in [0, 0.05) is 11.1 Å². The van der Waals surface area contributed by atoms with Crippen LogP contribution in [0.5, 0.6) is 0 Å². The van der Waals surface area contributed by atoms with Crippen LogP contribution >= 0.6 is 11.6 Å². The van der Waals surface area contributed by atoms with Crippen molar-refractivity contribution in [2.24, 2.45) is 0 Å². The van der Waals surface area contributed by atoms with Crippen molar-refractivity contribution in [3.05, 3.63) is 69.2 Å². The van der Waals surface area contributed by atoms with E-state index in [4.69, 9.17) is 11.6 Å². The Hall–Kier alpha value is -1.31. The first kappa shape index (κ1) is 16.1. The number of hydrogen-bond donors (Lipinski definition) is 1. The zero-order valence-electron chi connectivity index (χ0n) is 13.3. The first-order valence-electron chi connectivity index (χ1n) is 7.56. The first-order valence-corrected chi connectivity index (χ1v) is 7.94. The molecule has 112 valence electrons. The SMILES string of the molecule is CCNC(Cc1cc(C)ccc1C)c1ccc(C)c(Cl)c1. The van der Waals surface area contributed by atoms with Crippen LogP contribution in [-0.4, -0.2) is 6.54 Å². The van der Waals surface area contributed by atoms with Crippen LogP contribution in [0.3, 0.4) is 0 Å². The monoisotopic (exact) mass is 301 g/mol. The van der Waals surface area contributed by atoms with E-state index in [0.717, 1.165) is 23.6 Å². The minimum Gasteiger partial charge on any atom is -0.310 e. The molecule has 0 aliphatic heterocycles. The predicted octanol–water partition coefficient (Wildman–Crippen LogP) is 5.16. The van der Waals surface area contributed by atoms with Crippen LogP contribution in [0.2, 0.25) is 5.02 Å². The molecule has 0 saturated heterocycles. The highest BCUT2D eigenvalue weighted by Gasteiger charge is 2.13. The number of halogens is 1. The zero-order chi connectivity index (χ0) is 15.4. The molecule has 0 spiro atoms. The maximum absolute atomic E-state index is 6.29. The van der Waals surface area contributed by atoms with E-state index in [2.05, 4.69) is 62.5 Å². The third-order valence-corrected chi connectivity index (χ3v) is 4.38. The van der Waals surface area contributed by atoms with Crippen molar-refractivity contribution in [3.63, 3.8) is 0 Å². The van der Waals surface area contributed by atoms with Crippen LogP contribution in [0.15, 0.2) is 36.4 Å². The summed E-state index contributed by atoms with van der Waals surface area (Å²) in [5.74, 6) is 0. The van der Waals surface area contributed by atoms with Crippen molar-refractivity contribution in [1.82, 2.24) is 5.32 Å². The summed E-state index contributed by atoms with van der Waals surface area (Å²) in [6.45, 7) is 9.46. The van der Waals surface area contributed by atoms with Gasteiger partial charge in [0.2, 0.25) is 0 Å². The lowest BCUT2D eigenvalue weighted by Crippen LogP contribution is -2.23. The Labute approximate surface area is 133 Å². The molecule has 0 radical (unpaired) electrons. The summed E-state index contributed by atoms with van der Waals surface area (Å²) < 4.78 is 0.